The van der Waals surface area contributed by atoms with E-state index in [4.69, 9.17) is 9.84 Å². The molecule has 0 saturated carbocycles. The van der Waals surface area contributed by atoms with Crippen molar-refractivity contribution in [1.29, 1.82) is 0 Å². The second-order valence-corrected chi connectivity index (χ2v) is 6.13. The molecule has 1 atom stereocenters. The van der Waals surface area contributed by atoms with Gasteiger partial charge < -0.3 is 9.84 Å². The van der Waals surface area contributed by atoms with Crippen LogP contribution in [0.3, 0.4) is 0 Å². The Labute approximate surface area is 122 Å². The van der Waals surface area contributed by atoms with E-state index in [9.17, 15) is 4.79 Å². The fourth-order valence-electron chi connectivity index (χ4n) is 2.90. The molecule has 0 radical (unpaired) electrons. The number of carboxylic acids is 1. The van der Waals surface area contributed by atoms with Gasteiger partial charge in [0.1, 0.15) is 0 Å². The van der Waals surface area contributed by atoms with Crippen LogP contribution in [-0.2, 0) is 11.3 Å². The van der Waals surface area contributed by atoms with Crippen LogP contribution >= 0.6 is 11.3 Å². The van der Waals surface area contributed by atoms with E-state index in [1.807, 2.05) is 5.38 Å². The standard InChI is InChI=1S/C13H19N3O3S/c17-13(18)12-14-10(9-20-12)7-15-2-1-11(8-15)16-3-5-19-6-4-16/h9,11H,1-8H2,(H,17,18). The summed E-state index contributed by atoms with van der Waals surface area (Å²) >= 11 is 1.21. The van der Waals surface area contributed by atoms with Gasteiger partial charge in [-0.3, -0.25) is 9.80 Å². The first kappa shape index (κ1) is 13.9. The first-order chi connectivity index (χ1) is 9.72. The molecule has 0 amide bonds. The average molecular weight is 297 g/mol. The summed E-state index contributed by atoms with van der Waals surface area (Å²) in [4.78, 5) is 19.8. The number of carboxylic acid groups (broad SMARTS) is 1. The Morgan fingerprint density at radius 2 is 2.25 bits per heavy atom. The average Bonchev–Trinajstić information content (AvgIpc) is 3.10. The van der Waals surface area contributed by atoms with Crippen molar-refractivity contribution < 1.29 is 14.6 Å². The predicted octanol–water partition coefficient (Wildman–Crippen LogP) is 0.748. The molecule has 110 valence electrons. The molecule has 1 aromatic rings. The lowest BCUT2D eigenvalue weighted by atomic mass is 10.2. The lowest BCUT2D eigenvalue weighted by molar-refractivity contribution is 0.0183. The number of aromatic nitrogens is 1. The van der Waals surface area contributed by atoms with Gasteiger partial charge in [-0.05, 0) is 6.42 Å². The topological polar surface area (TPSA) is 65.9 Å². The van der Waals surface area contributed by atoms with Crippen molar-refractivity contribution in [2.45, 2.75) is 19.0 Å². The number of ether oxygens (including phenoxy) is 1. The molecule has 3 heterocycles. The Bertz CT molecular complexity index is 473. The largest absolute Gasteiger partial charge is 0.476 e. The van der Waals surface area contributed by atoms with E-state index in [1.165, 1.54) is 17.8 Å². The summed E-state index contributed by atoms with van der Waals surface area (Å²) in [6.07, 6.45) is 1.18. The second-order valence-electron chi connectivity index (χ2n) is 5.28. The van der Waals surface area contributed by atoms with E-state index in [0.29, 0.717) is 6.04 Å². The number of likely N-dealkylation sites (tertiary alicyclic amines) is 1. The molecular formula is C13H19N3O3S. The van der Waals surface area contributed by atoms with Crippen LogP contribution in [0.15, 0.2) is 5.38 Å². The van der Waals surface area contributed by atoms with Crippen LogP contribution in [0.2, 0.25) is 0 Å². The van der Waals surface area contributed by atoms with E-state index < -0.39 is 5.97 Å². The summed E-state index contributed by atoms with van der Waals surface area (Å²) in [6.45, 7) is 6.58. The van der Waals surface area contributed by atoms with Gasteiger partial charge in [0.2, 0.25) is 5.01 Å². The summed E-state index contributed by atoms with van der Waals surface area (Å²) in [5.41, 5.74) is 0.870. The molecular weight excluding hydrogens is 278 g/mol. The molecule has 20 heavy (non-hydrogen) atoms. The second kappa shape index (κ2) is 6.17. The zero-order chi connectivity index (χ0) is 13.9. The molecule has 1 N–H and O–H groups in total. The first-order valence-electron chi connectivity index (χ1n) is 6.94. The number of hydrogen-bond acceptors (Lipinski definition) is 6. The van der Waals surface area contributed by atoms with Crippen molar-refractivity contribution in [1.82, 2.24) is 14.8 Å². The number of morpholine rings is 1. The normalized spacial score (nSPS) is 25.1. The van der Waals surface area contributed by atoms with Crippen LogP contribution < -0.4 is 0 Å². The molecule has 3 rings (SSSR count). The molecule has 1 aromatic heterocycles. The quantitative estimate of drug-likeness (QED) is 0.884. The Kier molecular flexibility index (Phi) is 4.30. The van der Waals surface area contributed by atoms with E-state index in [0.717, 1.165) is 51.6 Å². The summed E-state index contributed by atoms with van der Waals surface area (Å²) in [6, 6.07) is 0.608. The maximum absolute atomic E-state index is 10.8. The van der Waals surface area contributed by atoms with E-state index in [2.05, 4.69) is 14.8 Å². The number of carbonyl (C=O) groups is 1. The molecule has 2 saturated heterocycles. The molecule has 6 nitrogen and oxygen atoms in total. The fourth-order valence-corrected chi connectivity index (χ4v) is 3.55. The molecule has 0 aliphatic carbocycles. The summed E-state index contributed by atoms with van der Waals surface area (Å²) in [5, 5.41) is 10.9. The third-order valence-corrected chi connectivity index (χ3v) is 4.81. The number of hydrogen-bond donors (Lipinski definition) is 1. The molecule has 2 aliphatic heterocycles. The van der Waals surface area contributed by atoms with Crippen molar-refractivity contribution >= 4 is 17.3 Å². The van der Waals surface area contributed by atoms with Crippen molar-refractivity contribution in [2.75, 3.05) is 39.4 Å². The molecule has 2 aliphatic rings. The zero-order valence-corrected chi connectivity index (χ0v) is 12.1. The van der Waals surface area contributed by atoms with E-state index in [1.54, 1.807) is 0 Å². The number of rotatable bonds is 4. The first-order valence-corrected chi connectivity index (χ1v) is 7.82. The van der Waals surface area contributed by atoms with Crippen LogP contribution in [0.4, 0.5) is 0 Å². The van der Waals surface area contributed by atoms with Gasteiger partial charge in [0, 0.05) is 44.1 Å². The van der Waals surface area contributed by atoms with Gasteiger partial charge in [-0.15, -0.1) is 11.3 Å². The van der Waals surface area contributed by atoms with Crippen molar-refractivity contribution in [3.8, 4) is 0 Å². The molecule has 7 heteroatoms. The highest BCUT2D eigenvalue weighted by Crippen LogP contribution is 2.20. The molecule has 2 fully saturated rings. The van der Waals surface area contributed by atoms with E-state index in [-0.39, 0.29) is 5.01 Å². The van der Waals surface area contributed by atoms with Gasteiger partial charge >= 0.3 is 5.97 Å². The van der Waals surface area contributed by atoms with Gasteiger partial charge in [-0.2, -0.15) is 0 Å². The van der Waals surface area contributed by atoms with Crippen LogP contribution in [0.25, 0.3) is 0 Å². The minimum atomic E-state index is -0.936. The number of nitrogens with zero attached hydrogens (tertiary/aromatic N) is 3. The van der Waals surface area contributed by atoms with Gasteiger partial charge in [-0.25, -0.2) is 9.78 Å². The number of thiazole rings is 1. The Hall–Kier alpha value is -1.02. The monoisotopic (exact) mass is 297 g/mol. The van der Waals surface area contributed by atoms with Gasteiger partial charge in [0.05, 0.1) is 18.9 Å². The smallest absolute Gasteiger partial charge is 0.365 e. The third kappa shape index (κ3) is 3.17. The minimum Gasteiger partial charge on any atom is -0.476 e. The van der Waals surface area contributed by atoms with Gasteiger partial charge in [0.15, 0.2) is 0 Å². The Morgan fingerprint density at radius 3 is 2.95 bits per heavy atom. The molecule has 0 aromatic carbocycles. The lowest BCUT2D eigenvalue weighted by Gasteiger charge is -2.32. The fraction of sp³-hybridized carbons (Fsp3) is 0.692. The predicted molar refractivity (Wildman–Crippen MR) is 75.1 cm³/mol. The summed E-state index contributed by atoms with van der Waals surface area (Å²) in [7, 11) is 0. The van der Waals surface area contributed by atoms with Crippen LogP contribution in [0.1, 0.15) is 21.9 Å². The van der Waals surface area contributed by atoms with Crippen LogP contribution in [0, 0.1) is 0 Å². The summed E-state index contributed by atoms with van der Waals surface area (Å²) in [5.74, 6) is -0.936. The Morgan fingerprint density at radius 1 is 1.45 bits per heavy atom. The SMILES string of the molecule is O=C(O)c1nc(CN2CCC(N3CCOCC3)C2)cs1. The van der Waals surface area contributed by atoms with Crippen molar-refractivity contribution in [3.05, 3.63) is 16.1 Å². The van der Waals surface area contributed by atoms with Crippen molar-refractivity contribution in [2.24, 2.45) is 0 Å². The van der Waals surface area contributed by atoms with Crippen LogP contribution in [0.5, 0.6) is 0 Å². The number of aromatic carboxylic acids is 1. The summed E-state index contributed by atoms with van der Waals surface area (Å²) < 4.78 is 5.39. The highest BCUT2D eigenvalue weighted by atomic mass is 32.1. The third-order valence-electron chi connectivity index (χ3n) is 3.93. The molecule has 0 bridgehead atoms. The zero-order valence-electron chi connectivity index (χ0n) is 11.3. The molecule has 0 spiro atoms. The van der Waals surface area contributed by atoms with E-state index >= 15 is 0 Å². The Balaban J connectivity index is 1.52. The van der Waals surface area contributed by atoms with Gasteiger partial charge in [-0.1, -0.05) is 0 Å². The highest BCUT2D eigenvalue weighted by Gasteiger charge is 2.29. The molecule has 1 unspecified atom stereocenters. The highest BCUT2D eigenvalue weighted by molar-refractivity contribution is 7.11. The maximum atomic E-state index is 10.8. The van der Waals surface area contributed by atoms with Gasteiger partial charge in [0.25, 0.3) is 0 Å². The van der Waals surface area contributed by atoms with Crippen LogP contribution in [-0.4, -0.2) is 71.3 Å². The minimum absolute atomic E-state index is 0.184. The lowest BCUT2D eigenvalue weighted by Crippen LogP contribution is -2.44. The van der Waals surface area contributed by atoms with Crippen molar-refractivity contribution in [3.63, 3.8) is 0 Å². The maximum Gasteiger partial charge on any atom is 0.365 e.